The Labute approximate surface area is 500 Å². The fourth-order valence-corrected chi connectivity index (χ4v) is 9.66. The average Bonchev–Trinajstić information content (AvgIpc) is 4.03. The molecule has 3 atom stereocenters. The first kappa shape index (κ1) is 66.3. The van der Waals surface area contributed by atoms with Crippen LogP contribution in [-0.4, -0.2) is 140 Å². The second kappa shape index (κ2) is 32.3. The number of hydrogen-bond donors (Lipinski definition) is 7. The van der Waals surface area contributed by atoms with Crippen molar-refractivity contribution < 1.29 is 66.1 Å². The number of nitrogens with zero attached hydrogens (tertiary/aromatic N) is 1. The minimum absolute atomic E-state index is 0. The van der Waals surface area contributed by atoms with E-state index in [0.29, 0.717) is 68.8 Å². The molecule has 7 rings (SSSR count). The monoisotopic (exact) mass is 1160 g/mol. The van der Waals surface area contributed by atoms with E-state index in [4.69, 9.17) is 41.2 Å². The number of para-hydroxylation sites is 1. The summed E-state index contributed by atoms with van der Waals surface area (Å²) < 4.78 is 61.0. The molecule has 1 aliphatic rings. The summed E-state index contributed by atoms with van der Waals surface area (Å²) in [6, 6.07) is 39.2. The van der Waals surface area contributed by atoms with E-state index < -0.39 is 52.6 Å². The van der Waals surface area contributed by atoms with Crippen LogP contribution in [0.15, 0.2) is 167 Å². The van der Waals surface area contributed by atoms with Gasteiger partial charge in [0, 0.05) is 78.5 Å². The van der Waals surface area contributed by atoms with Crippen molar-refractivity contribution in [1.29, 1.82) is 0 Å². The number of dihydropyridines is 1. The van der Waals surface area contributed by atoms with Gasteiger partial charge < -0.3 is 50.5 Å². The number of allylic oxidation sites excluding steroid dienone is 1. The second-order valence-electron chi connectivity index (χ2n) is 18.3. The Bertz CT molecular complexity index is 3200. The fourth-order valence-electron chi connectivity index (χ4n) is 8.91. The molecule has 0 bridgehead atoms. The summed E-state index contributed by atoms with van der Waals surface area (Å²) in [5, 5.41) is 36.3. The molecule has 2 heterocycles. The third kappa shape index (κ3) is 18.4. The zero-order valence-electron chi connectivity index (χ0n) is 45.1. The van der Waals surface area contributed by atoms with E-state index in [0.717, 1.165) is 11.3 Å². The quantitative estimate of drug-likeness (QED) is 0.0153. The molecule has 1 amide bonds. The Morgan fingerprint density at radius 1 is 0.825 bits per heavy atom. The minimum Gasteiger partial charge on any atom is -0.481 e. The number of aliphatic hydroxyl groups is 2. The van der Waals surface area contributed by atoms with Crippen LogP contribution in [0, 0.1) is 5.82 Å². The van der Waals surface area contributed by atoms with Crippen LogP contribution in [0.2, 0.25) is 5.02 Å². The summed E-state index contributed by atoms with van der Waals surface area (Å²) in [5.74, 6) is -3.80. The Kier molecular flexibility index (Phi) is 26.7. The maximum atomic E-state index is 14.0. The number of anilines is 1. The number of carboxylic acid groups (broad SMARTS) is 1. The van der Waals surface area contributed by atoms with Crippen molar-refractivity contribution in [2.24, 2.45) is 5.73 Å². The smallest absolute Gasteiger partial charge is 0.336 e. The van der Waals surface area contributed by atoms with E-state index in [-0.39, 0.29) is 98.4 Å². The number of carbonyl (C=O) groups excluding carboxylic acids is 3. The molecular formula is C59H66CaClFN4O13S. The van der Waals surface area contributed by atoms with Crippen molar-refractivity contribution >= 4 is 89.0 Å². The van der Waals surface area contributed by atoms with Gasteiger partial charge >= 0.3 is 17.9 Å². The minimum atomic E-state index is -4.00. The molecule has 1 aliphatic heterocycles. The van der Waals surface area contributed by atoms with E-state index in [1.807, 2.05) is 79.1 Å². The Morgan fingerprint density at radius 2 is 1.41 bits per heavy atom. The Balaban J connectivity index is 0.000000304. The summed E-state index contributed by atoms with van der Waals surface area (Å²) in [6.07, 6.45) is -2.51. The predicted octanol–water partition coefficient (Wildman–Crippen LogP) is 9.13. The molecule has 5 aromatic carbocycles. The largest absolute Gasteiger partial charge is 0.481 e. The number of benzene rings is 5. The molecule has 0 fully saturated rings. The number of aliphatic hydroxyl groups excluding tert-OH is 2. The molecule has 0 saturated carbocycles. The Morgan fingerprint density at radius 3 is 1.95 bits per heavy atom. The number of nitrogens with one attached hydrogen (secondary N) is 2. The van der Waals surface area contributed by atoms with Crippen molar-refractivity contribution in [3.05, 3.63) is 190 Å². The molecule has 0 aliphatic carbocycles. The molecular weight excluding hydrogens is 1100 g/mol. The number of nitrogens with two attached hydrogens (primary N) is 1. The van der Waals surface area contributed by atoms with Gasteiger partial charge in [0.2, 0.25) is 0 Å². The van der Waals surface area contributed by atoms with Gasteiger partial charge in [0.15, 0.2) is 0 Å². The van der Waals surface area contributed by atoms with Crippen molar-refractivity contribution in [1.82, 2.24) is 9.88 Å². The molecule has 422 valence electrons. The average molecular weight is 1170 g/mol. The molecule has 1 aromatic heterocycles. The van der Waals surface area contributed by atoms with Crippen molar-refractivity contribution in [3.8, 4) is 22.4 Å². The SMILES string of the molecule is CC(C)c1c(C(=O)Nc2ccccc2)c(-c2ccccc2)c(-c2ccc(F)cc2)n1CC[C@@H](O)C[C@@H](O)CC(=O)O.CCOC(=O)C1=C(COCCN)NC(C)=C(C(=O)OC)C1c1ccccc1Cl.O=S(=O)(O)c1ccccc1.[Ca]. The summed E-state index contributed by atoms with van der Waals surface area (Å²) in [5.41, 5.74) is 12.5. The standard InChI is InChI=1S/C33H35FN2O5.C20H25ClN2O5.C6H6O3S.Ca/c1-21(2)31-30(33(41)35-25-11-7-4-8-12-25)29(22-9-5-3-6-10-22)32(23-13-15-24(34)16-14-23)36(31)18-17-26(37)19-27(38)20-28(39)40;1-4-28-20(25)18-15(11-27-10-9-22)23-12(2)16(19(24)26-3)17(18)13-7-5-6-8-14(13)21;7-10(8,9)6-4-2-1-3-5-6;/h3-16,21,26-27,37-38H,17-20H2,1-2H3,(H,35,41)(H,39,40);5-8,17,23H,4,9-11,22H2,1-3H3;1-5H,(H,7,8,9);/t26-,27-;;;/m1.../s1. The van der Waals surface area contributed by atoms with Crippen LogP contribution in [0.25, 0.3) is 22.4 Å². The third-order valence-electron chi connectivity index (χ3n) is 12.2. The first-order valence-electron chi connectivity index (χ1n) is 25.2. The maximum Gasteiger partial charge on any atom is 0.336 e. The summed E-state index contributed by atoms with van der Waals surface area (Å²) in [7, 11) is -2.71. The van der Waals surface area contributed by atoms with Gasteiger partial charge in [-0.15, -0.1) is 0 Å². The first-order valence-corrected chi connectivity index (χ1v) is 27.1. The van der Waals surface area contributed by atoms with Crippen LogP contribution in [0.3, 0.4) is 0 Å². The first-order chi connectivity index (χ1) is 37.7. The number of amides is 1. The number of aromatic nitrogens is 1. The van der Waals surface area contributed by atoms with E-state index >= 15 is 0 Å². The number of hydrogen-bond acceptors (Lipinski definition) is 13. The van der Waals surface area contributed by atoms with E-state index in [2.05, 4.69) is 10.6 Å². The van der Waals surface area contributed by atoms with Gasteiger partial charge in [-0.2, -0.15) is 8.42 Å². The molecule has 1 unspecified atom stereocenters. The fraction of sp³-hybridized carbons (Fsp3) is 0.288. The van der Waals surface area contributed by atoms with Gasteiger partial charge in [-0.3, -0.25) is 14.1 Å². The van der Waals surface area contributed by atoms with Crippen LogP contribution in [0.5, 0.6) is 0 Å². The van der Waals surface area contributed by atoms with E-state index in [1.54, 1.807) is 68.4 Å². The molecule has 2 radical (unpaired) electrons. The van der Waals surface area contributed by atoms with Gasteiger partial charge in [-0.25, -0.2) is 14.0 Å². The number of halogens is 2. The topological polar surface area (TPSA) is 266 Å². The van der Waals surface area contributed by atoms with Gasteiger partial charge in [-0.05, 0) is 104 Å². The summed E-state index contributed by atoms with van der Waals surface area (Å²) in [4.78, 5) is 50.4. The van der Waals surface area contributed by atoms with Crippen LogP contribution < -0.4 is 16.4 Å². The van der Waals surface area contributed by atoms with Crippen molar-refractivity contribution in [2.45, 2.75) is 82.4 Å². The number of rotatable bonds is 21. The molecule has 17 nitrogen and oxygen atoms in total. The van der Waals surface area contributed by atoms with Crippen molar-refractivity contribution in [2.75, 3.05) is 38.8 Å². The van der Waals surface area contributed by atoms with Crippen LogP contribution in [0.4, 0.5) is 10.1 Å². The predicted molar refractivity (Wildman–Crippen MR) is 305 cm³/mol. The molecule has 21 heteroatoms. The van der Waals surface area contributed by atoms with Gasteiger partial charge in [0.1, 0.15) is 5.82 Å². The number of esters is 2. The van der Waals surface area contributed by atoms with Gasteiger partial charge in [0.05, 0.1) is 84.5 Å². The zero-order valence-corrected chi connectivity index (χ0v) is 48.9. The zero-order chi connectivity index (χ0) is 57.8. The van der Waals surface area contributed by atoms with Gasteiger partial charge in [-0.1, -0.05) is 110 Å². The number of carboxylic acids is 1. The molecule has 0 saturated heterocycles. The maximum absolute atomic E-state index is 14.0. The van der Waals surface area contributed by atoms with Crippen LogP contribution in [-0.2, 0) is 45.3 Å². The number of carbonyl (C=O) groups is 4. The van der Waals surface area contributed by atoms with E-state index in [9.17, 15) is 42.2 Å². The summed E-state index contributed by atoms with van der Waals surface area (Å²) in [6.45, 7) is 8.67. The third-order valence-corrected chi connectivity index (χ3v) is 13.5. The Hall–Kier alpha value is -6.23. The molecule has 0 spiro atoms. The van der Waals surface area contributed by atoms with Crippen molar-refractivity contribution in [3.63, 3.8) is 0 Å². The van der Waals surface area contributed by atoms with Crippen LogP contribution in [0.1, 0.15) is 80.4 Å². The summed E-state index contributed by atoms with van der Waals surface area (Å²) >= 11 is 6.42. The van der Waals surface area contributed by atoms with E-state index in [1.165, 1.54) is 31.4 Å². The second-order valence-corrected chi connectivity index (χ2v) is 20.1. The number of aliphatic carboxylic acids is 1. The molecule has 80 heavy (non-hydrogen) atoms. The van der Waals surface area contributed by atoms with Gasteiger partial charge in [0.25, 0.3) is 16.0 Å². The number of ether oxygens (including phenoxy) is 3. The molecule has 6 aromatic rings. The molecule has 8 N–H and O–H groups in total. The normalized spacial score (nSPS) is 13.8. The number of methoxy groups -OCH3 is 1. The van der Waals surface area contributed by atoms with Crippen LogP contribution >= 0.6 is 11.6 Å².